The highest BCUT2D eigenvalue weighted by atomic mass is 79.9. The Bertz CT molecular complexity index is 728. The van der Waals surface area contributed by atoms with Crippen molar-refractivity contribution in [2.24, 2.45) is 4.99 Å². The summed E-state index contributed by atoms with van der Waals surface area (Å²) in [6.45, 7) is 1.94. The summed E-state index contributed by atoms with van der Waals surface area (Å²) >= 11 is 6.63. The molecule has 0 spiro atoms. The van der Waals surface area contributed by atoms with Gasteiger partial charge in [0, 0.05) is 15.8 Å². The molecule has 0 radical (unpaired) electrons. The van der Waals surface area contributed by atoms with Gasteiger partial charge in [-0.15, -0.1) is 0 Å². The second-order valence-electron chi connectivity index (χ2n) is 4.93. The molecule has 1 heterocycles. The number of hydrogen-bond acceptors (Lipinski definition) is 4. The molecule has 3 rings (SSSR count). The van der Waals surface area contributed by atoms with Crippen molar-refractivity contribution in [1.82, 2.24) is 0 Å². The first-order valence-electron chi connectivity index (χ1n) is 6.89. The first-order valence-corrected chi connectivity index (χ1v) is 9.55. The van der Waals surface area contributed by atoms with Crippen LogP contribution in [0.2, 0.25) is 0 Å². The summed E-state index contributed by atoms with van der Waals surface area (Å²) in [5.41, 5.74) is 3.01. The molecule has 1 atom stereocenters. The predicted octanol–water partition coefficient (Wildman–Crippen LogP) is 5.69. The minimum atomic E-state index is -0.141. The number of halogens is 1. The molecule has 0 N–H and O–H groups in total. The summed E-state index contributed by atoms with van der Waals surface area (Å²) in [6.07, 6.45) is 0. The summed E-state index contributed by atoms with van der Waals surface area (Å²) in [4.78, 5) is 17.1. The van der Waals surface area contributed by atoms with Gasteiger partial charge in [0.2, 0.25) is 0 Å². The Morgan fingerprint density at radius 2 is 1.95 bits per heavy atom. The Kier molecular flexibility index (Phi) is 5.06. The molecule has 112 valence electrons. The lowest BCUT2D eigenvalue weighted by molar-refractivity contribution is 0.0994. The molecule has 2 aromatic rings. The lowest BCUT2D eigenvalue weighted by Crippen LogP contribution is -2.15. The van der Waals surface area contributed by atoms with Crippen LogP contribution in [-0.2, 0) is 5.75 Å². The molecule has 0 saturated carbocycles. The number of ketones is 1. The second-order valence-corrected chi connectivity index (χ2v) is 8.39. The fourth-order valence-electron chi connectivity index (χ4n) is 2.13. The topological polar surface area (TPSA) is 29.4 Å². The van der Waals surface area contributed by atoms with Crippen LogP contribution >= 0.6 is 39.5 Å². The Morgan fingerprint density at radius 1 is 1.23 bits per heavy atom. The maximum atomic E-state index is 12.5. The van der Waals surface area contributed by atoms with Crippen molar-refractivity contribution < 1.29 is 4.79 Å². The highest BCUT2D eigenvalue weighted by molar-refractivity contribution is 9.10. The van der Waals surface area contributed by atoms with Crippen molar-refractivity contribution >= 4 is 55.3 Å². The maximum absolute atomic E-state index is 12.5. The molecule has 0 bridgehead atoms. The van der Waals surface area contributed by atoms with Crippen molar-refractivity contribution in [2.45, 2.75) is 17.9 Å². The van der Waals surface area contributed by atoms with Crippen LogP contribution in [0.4, 0.5) is 5.69 Å². The normalized spacial score (nSPS) is 14.9. The smallest absolute Gasteiger partial charge is 0.175 e. The van der Waals surface area contributed by atoms with Gasteiger partial charge in [-0.2, -0.15) is 0 Å². The van der Waals surface area contributed by atoms with Crippen LogP contribution in [0.3, 0.4) is 0 Å². The van der Waals surface area contributed by atoms with E-state index in [1.807, 2.05) is 49.4 Å². The molecule has 0 aliphatic carbocycles. The molecule has 0 amide bonds. The molecule has 0 unspecified atom stereocenters. The molecule has 5 heteroatoms. The van der Waals surface area contributed by atoms with E-state index >= 15 is 0 Å². The third-order valence-electron chi connectivity index (χ3n) is 3.33. The van der Waals surface area contributed by atoms with E-state index in [9.17, 15) is 4.79 Å². The van der Waals surface area contributed by atoms with Crippen LogP contribution in [0, 0.1) is 0 Å². The largest absolute Gasteiger partial charge is 0.293 e. The van der Waals surface area contributed by atoms with E-state index in [0.29, 0.717) is 0 Å². The van der Waals surface area contributed by atoms with Gasteiger partial charge in [-0.1, -0.05) is 69.8 Å². The van der Waals surface area contributed by atoms with Gasteiger partial charge in [0.05, 0.1) is 10.9 Å². The van der Waals surface area contributed by atoms with Gasteiger partial charge in [0.25, 0.3) is 0 Å². The highest BCUT2D eigenvalue weighted by Gasteiger charge is 2.21. The maximum Gasteiger partial charge on any atom is 0.175 e. The number of carbonyl (C=O) groups is 1. The van der Waals surface area contributed by atoms with Gasteiger partial charge in [0.1, 0.15) is 4.38 Å². The number of rotatable bonds is 3. The molecule has 1 aliphatic heterocycles. The van der Waals surface area contributed by atoms with Crippen LogP contribution in [0.1, 0.15) is 22.8 Å². The van der Waals surface area contributed by atoms with Crippen LogP contribution in [0.25, 0.3) is 0 Å². The van der Waals surface area contributed by atoms with E-state index in [2.05, 4.69) is 27.0 Å². The van der Waals surface area contributed by atoms with Crippen LogP contribution < -0.4 is 0 Å². The molecule has 0 saturated heterocycles. The van der Waals surface area contributed by atoms with Crippen molar-refractivity contribution in [3.63, 3.8) is 0 Å². The van der Waals surface area contributed by atoms with E-state index in [1.165, 1.54) is 5.56 Å². The minimum absolute atomic E-state index is 0.139. The third-order valence-corrected chi connectivity index (χ3v) is 6.16. The zero-order valence-corrected chi connectivity index (χ0v) is 15.2. The summed E-state index contributed by atoms with van der Waals surface area (Å²) in [7, 11) is 0. The summed E-state index contributed by atoms with van der Waals surface area (Å²) in [5, 5.41) is -0.141. The van der Waals surface area contributed by atoms with Gasteiger partial charge in [0.15, 0.2) is 5.78 Å². The number of benzene rings is 2. The number of carbonyl (C=O) groups excluding carboxylic acids is 1. The van der Waals surface area contributed by atoms with Crippen molar-refractivity contribution in [3.8, 4) is 0 Å². The van der Waals surface area contributed by atoms with Gasteiger partial charge in [-0.3, -0.25) is 4.79 Å². The van der Waals surface area contributed by atoms with Crippen molar-refractivity contribution in [1.29, 1.82) is 0 Å². The summed E-state index contributed by atoms with van der Waals surface area (Å²) < 4.78 is 1.95. The molecule has 0 aromatic heterocycles. The second kappa shape index (κ2) is 7.02. The van der Waals surface area contributed by atoms with E-state index < -0.39 is 0 Å². The fraction of sp³-hybridized carbons (Fsp3) is 0.176. The van der Waals surface area contributed by atoms with E-state index in [0.717, 1.165) is 25.9 Å². The van der Waals surface area contributed by atoms with Crippen molar-refractivity contribution in [2.75, 3.05) is 0 Å². The van der Waals surface area contributed by atoms with E-state index in [4.69, 9.17) is 0 Å². The Morgan fingerprint density at radius 3 is 2.73 bits per heavy atom. The predicted molar refractivity (Wildman–Crippen MR) is 100 cm³/mol. The number of nitrogens with zero attached hydrogens (tertiary/aromatic N) is 1. The Balaban J connectivity index is 1.72. The Labute approximate surface area is 146 Å². The lowest BCUT2D eigenvalue weighted by Gasteiger charge is -2.17. The van der Waals surface area contributed by atoms with Crippen LogP contribution in [0.5, 0.6) is 0 Å². The monoisotopic (exact) mass is 391 g/mol. The number of Topliss-reactive ketones (excluding diaryl/α,β-unsaturated/α-hetero) is 1. The number of para-hydroxylation sites is 1. The van der Waals surface area contributed by atoms with E-state index in [-0.39, 0.29) is 11.0 Å². The third kappa shape index (κ3) is 3.65. The quantitative estimate of drug-likeness (QED) is 0.629. The minimum Gasteiger partial charge on any atom is -0.293 e. The van der Waals surface area contributed by atoms with Gasteiger partial charge in [-0.25, -0.2) is 4.99 Å². The first kappa shape index (κ1) is 15.8. The van der Waals surface area contributed by atoms with E-state index in [1.54, 1.807) is 23.5 Å². The summed E-state index contributed by atoms with van der Waals surface area (Å²) in [6, 6.07) is 15.7. The highest BCUT2D eigenvalue weighted by Crippen LogP contribution is 2.36. The zero-order valence-electron chi connectivity index (χ0n) is 12.0. The van der Waals surface area contributed by atoms with Crippen LogP contribution in [0.15, 0.2) is 58.0 Å². The first-order chi connectivity index (χ1) is 10.6. The number of aliphatic imine (C=N–C) groups is 1. The number of hydrogen-bond donors (Lipinski definition) is 0. The average molecular weight is 392 g/mol. The fourth-order valence-corrected chi connectivity index (χ4v) is 4.65. The van der Waals surface area contributed by atoms with Crippen LogP contribution in [-0.4, -0.2) is 15.4 Å². The average Bonchev–Trinajstić information content (AvgIpc) is 2.55. The molecule has 0 fully saturated rings. The molecular weight excluding hydrogens is 378 g/mol. The number of thioether (sulfide) groups is 2. The molecular formula is C17H14BrNOS2. The molecule has 2 aromatic carbocycles. The molecule has 1 aliphatic rings. The van der Waals surface area contributed by atoms with Crippen molar-refractivity contribution in [3.05, 3.63) is 64.1 Å². The lowest BCUT2D eigenvalue weighted by atomic mass is 10.1. The SMILES string of the molecule is C[C@@H](SC1=Nc2ccccc2CS1)C(=O)c1ccc(Br)cc1. The summed E-state index contributed by atoms with van der Waals surface area (Å²) in [5.74, 6) is 1.06. The Hall–Kier alpha value is -1.04. The zero-order chi connectivity index (χ0) is 15.5. The number of fused-ring (bicyclic) bond motifs is 1. The van der Waals surface area contributed by atoms with Gasteiger partial charge < -0.3 is 0 Å². The van der Waals surface area contributed by atoms with Gasteiger partial charge in [-0.05, 0) is 30.7 Å². The molecule has 2 nitrogen and oxygen atoms in total. The standard InChI is InChI=1S/C17H14BrNOS2/c1-11(16(20)12-6-8-14(18)9-7-12)22-17-19-15-5-3-2-4-13(15)10-21-17/h2-9,11H,10H2,1H3/t11-/m1/s1. The van der Waals surface area contributed by atoms with Gasteiger partial charge >= 0.3 is 0 Å². The molecule has 22 heavy (non-hydrogen) atoms.